The van der Waals surface area contributed by atoms with Gasteiger partial charge in [-0.1, -0.05) is 81.4 Å². The van der Waals surface area contributed by atoms with E-state index in [1.807, 2.05) is 55.5 Å². The van der Waals surface area contributed by atoms with Gasteiger partial charge in [0.1, 0.15) is 16.8 Å². The molecule has 1 atom stereocenters. The first-order valence-corrected chi connectivity index (χ1v) is 14.6. The summed E-state index contributed by atoms with van der Waals surface area (Å²) in [5, 5.41) is 25.0. The summed E-state index contributed by atoms with van der Waals surface area (Å²) < 4.78 is 14.8. The molecule has 0 bridgehead atoms. The van der Waals surface area contributed by atoms with Crippen LogP contribution in [0.1, 0.15) is 31.9 Å². The van der Waals surface area contributed by atoms with Gasteiger partial charge in [-0.2, -0.15) is 4.68 Å². The Labute approximate surface area is 236 Å². The van der Waals surface area contributed by atoms with E-state index in [-0.39, 0.29) is 6.61 Å². The van der Waals surface area contributed by atoms with Crippen LogP contribution in [0.3, 0.4) is 0 Å². The minimum Gasteiger partial charge on any atom is -0.493 e. The molecule has 196 valence electrons. The van der Waals surface area contributed by atoms with E-state index in [4.69, 9.17) is 9.47 Å². The monoisotopic (exact) mass is 613 g/mol. The van der Waals surface area contributed by atoms with Gasteiger partial charge in [-0.3, -0.25) is 0 Å². The number of fused-ring (bicyclic) bond motifs is 1. The molecule has 13 heteroatoms. The van der Waals surface area contributed by atoms with Crippen molar-refractivity contribution in [3.63, 3.8) is 0 Å². The zero-order valence-corrected chi connectivity index (χ0v) is 23.8. The van der Waals surface area contributed by atoms with Gasteiger partial charge in [0.2, 0.25) is 5.95 Å². The van der Waals surface area contributed by atoms with Gasteiger partial charge in [0.05, 0.1) is 18.8 Å². The van der Waals surface area contributed by atoms with Crippen LogP contribution < -0.4 is 10.1 Å². The van der Waals surface area contributed by atoms with Crippen LogP contribution in [0.4, 0.5) is 5.95 Å². The lowest BCUT2D eigenvalue weighted by Crippen LogP contribution is -2.31. The topological polar surface area (TPSA) is 117 Å². The molecule has 5 rings (SSSR count). The molecule has 2 aromatic heterocycles. The van der Waals surface area contributed by atoms with Crippen LogP contribution in [0.2, 0.25) is 0 Å². The number of thioether (sulfide) groups is 1. The van der Waals surface area contributed by atoms with Gasteiger partial charge in [-0.25, -0.2) is 4.79 Å². The highest BCUT2D eigenvalue weighted by Gasteiger charge is 2.38. The minimum absolute atomic E-state index is 0.229. The lowest BCUT2D eigenvalue weighted by Gasteiger charge is -2.29. The number of rotatable bonds is 10. The second-order valence-corrected chi connectivity index (χ2v) is 11.3. The molecule has 1 aliphatic rings. The standard InChI is InChI=1S/C25H24BrN7O3S2/c1-3-12-36-19-11-10-16(26)13-17(19)21-20(23(34)35-4-2)18(27-24-29-31-32-33(21)24)14-37-25-30-28-22(38-25)15-8-6-5-7-9-15/h5-11,13,21H,3-4,12,14H2,1-2H3,(H,27,29,32). The van der Waals surface area contributed by atoms with Gasteiger partial charge in [-0.05, 0) is 42.0 Å². The summed E-state index contributed by atoms with van der Waals surface area (Å²) in [5.74, 6) is 1.02. The fourth-order valence-electron chi connectivity index (χ4n) is 3.96. The summed E-state index contributed by atoms with van der Waals surface area (Å²) in [6.07, 6.45) is 0.840. The van der Waals surface area contributed by atoms with E-state index in [9.17, 15) is 4.79 Å². The first-order valence-electron chi connectivity index (χ1n) is 12.0. The highest BCUT2D eigenvalue weighted by atomic mass is 79.9. The second-order valence-electron chi connectivity index (χ2n) is 8.15. The van der Waals surface area contributed by atoms with Gasteiger partial charge in [0.25, 0.3) is 0 Å². The van der Waals surface area contributed by atoms with Gasteiger partial charge in [0.15, 0.2) is 4.34 Å². The molecule has 0 radical (unpaired) electrons. The largest absolute Gasteiger partial charge is 0.493 e. The average molecular weight is 615 g/mol. The van der Waals surface area contributed by atoms with Crippen molar-refractivity contribution in [1.82, 2.24) is 30.4 Å². The molecule has 10 nitrogen and oxygen atoms in total. The molecule has 0 spiro atoms. The van der Waals surface area contributed by atoms with Crippen molar-refractivity contribution in [2.24, 2.45) is 0 Å². The van der Waals surface area contributed by atoms with Gasteiger partial charge in [-0.15, -0.1) is 10.2 Å². The number of tetrazole rings is 1. The Hall–Kier alpha value is -3.29. The van der Waals surface area contributed by atoms with Gasteiger partial charge in [0, 0.05) is 27.0 Å². The SMILES string of the molecule is CCCOc1ccc(Br)cc1C1C(C(=O)OCC)=C(CSc2nnc(-c3ccccc3)s2)Nc2nnnn21. The lowest BCUT2D eigenvalue weighted by molar-refractivity contribution is -0.139. The van der Waals surface area contributed by atoms with Crippen LogP contribution in [-0.4, -0.2) is 55.3 Å². The summed E-state index contributed by atoms with van der Waals surface area (Å²) in [4.78, 5) is 13.4. The van der Waals surface area contributed by atoms with Crippen molar-refractivity contribution >= 4 is 50.9 Å². The van der Waals surface area contributed by atoms with E-state index in [1.165, 1.54) is 23.1 Å². The molecular weight excluding hydrogens is 590 g/mol. The number of ether oxygens (including phenoxy) is 2. The summed E-state index contributed by atoms with van der Waals surface area (Å²) in [5.41, 5.74) is 2.80. The van der Waals surface area contributed by atoms with Crippen LogP contribution in [0.15, 0.2) is 68.6 Å². The Kier molecular flexibility index (Phi) is 8.35. The van der Waals surface area contributed by atoms with Crippen LogP contribution in [-0.2, 0) is 9.53 Å². The van der Waals surface area contributed by atoms with E-state index in [0.717, 1.165) is 31.4 Å². The van der Waals surface area contributed by atoms with Gasteiger partial charge < -0.3 is 14.8 Å². The van der Waals surface area contributed by atoms with E-state index in [1.54, 1.807) is 11.6 Å². The Morgan fingerprint density at radius 1 is 1.16 bits per heavy atom. The third kappa shape index (κ3) is 5.59. The molecular formula is C25H24BrN7O3S2. The third-order valence-corrected chi connectivity index (χ3v) is 8.21. The first kappa shape index (κ1) is 26.3. The zero-order chi connectivity index (χ0) is 26.5. The van der Waals surface area contributed by atoms with E-state index in [0.29, 0.717) is 35.3 Å². The Bertz CT molecular complexity index is 1460. The molecule has 0 fully saturated rings. The summed E-state index contributed by atoms with van der Waals surface area (Å²) in [7, 11) is 0. The molecule has 0 aliphatic carbocycles. The molecule has 38 heavy (non-hydrogen) atoms. The normalized spacial score (nSPS) is 14.7. The third-order valence-electron chi connectivity index (χ3n) is 5.59. The fraction of sp³-hybridized carbons (Fsp3) is 0.280. The number of aromatic nitrogens is 6. The van der Waals surface area contributed by atoms with Gasteiger partial charge >= 0.3 is 5.97 Å². The predicted octanol–water partition coefficient (Wildman–Crippen LogP) is 5.37. The van der Waals surface area contributed by atoms with Crippen LogP contribution in [0, 0.1) is 0 Å². The Morgan fingerprint density at radius 3 is 2.79 bits per heavy atom. The predicted molar refractivity (Wildman–Crippen MR) is 149 cm³/mol. The van der Waals surface area contributed by atoms with Crippen LogP contribution in [0.25, 0.3) is 10.6 Å². The zero-order valence-electron chi connectivity index (χ0n) is 20.6. The maximum absolute atomic E-state index is 13.4. The van der Waals surface area contributed by atoms with E-state index < -0.39 is 12.0 Å². The number of nitrogens with one attached hydrogen (secondary N) is 1. The maximum Gasteiger partial charge on any atom is 0.338 e. The molecule has 1 N–H and O–H groups in total. The Morgan fingerprint density at radius 2 is 2.00 bits per heavy atom. The second kappa shape index (κ2) is 12.0. The fourth-order valence-corrected chi connectivity index (χ4v) is 6.16. The molecule has 0 saturated heterocycles. The number of anilines is 1. The van der Waals surface area contributed by atoms with E-state index in [2.05, 4.69) is 47.0 Å². The molecule has 3 heterocycles. The van der Waals surface area contributed by atoms with Crippen molar-refractivity contribution in [2.75, 3.05) is 24.3 Å². The number of hydrogen-bond acceptors (Lipinski definition) is 11. The minimum atomic E-state index is -0.658. The van der Waals surface area contributed by atoms with E-state index >= 15 is 0 Å². The molecule has 2 aromatic carbocycles. The van der Waals surface area contributed by atoms with Crippen molar-refractivity contribution < 1.29 is 14.3 Å². The number of halogens is 1. The quantitative estimate of drug-likeness (QED) is 0.185. The number of carbonyl (C=O) groups excluding carboxylic acids is 1. The number of nitrogens with zero attached hydrogens (tertiary/aromatic N) is 6. The van der Waals surface area contributed by atoms with Crippen molar-refractivity contribution in [3.8, 4) is 16.3 Å². The number of hydrogen-bond donors (Lipinski definition) is 1. The van der Waals surface area contributed by atoms with Crippen molar-refractivity contribution in [1.29, 1.82) is 0 Å². The summed E-state index contributed by atoms with van der Waals surface area (Å²) in [6, 6.07) is 15.0. The summed E-state index contributed by atoms with van der Waals surface area (Å²) >= 11 is 6.54. The molecule has 0 saturated carbocycles. The highest BCUT2D eigenvalue weighted by molar-refractivity contribution is 9.10. The van der Waals surface area contributed by atoms with Crippen molar-refractivity contribution in [2.45, 2.75) is 30.6 Å². The molecule has 1 unspecified atom stereocenters. The molecule has 0 amide bonds. The highest BCUT2D eigenvalue weighted by Crippen LogP contribution is 2.41. The first-order chi connectivity index (χ1) is 18.6. The maximum atomic E-state index is 13.4. The number of benzene rings is 2. The lowest BCUT2D eigenvalue weighted by atomic mass is 9.95. The number of carbonyl (C=O) groups is 1. The number of esters is 1. The summed E-state index contributed by atoms with van der Waals surface area (Å²) in [6.45, 7) is 4.58. The average Bonchev–Trinajstić information content (AvgIpc) is 3.60. The molecule has 4 aromatic rings. The van der Waals surface area contributed by atoms with Crippen LogP contribution in [0.5, 0.6) is 5.75 Å². The molecule has 1 aliphatic heterocycles. The Balaban J connectivity index is 1.54. The van der Waals surface area contributed by atoms with Crippen molar-refractivity contribution in [3.05, 3.63) is 69.8 Å². The van der Waals surface area contributed by atoms with Crippen LogP contribution >= 0.6 is 39.0 Å². The smallest absolute Gasteiger partial charge is 0.338 e.